The molecule has 2 nitrogen and oxygen atoms in total. The van der Waals surface area contributed by atoms with Crippen molar-refractivity contribution in [2.75, 3.05) is 6.54 Å². The Bertz CT molecular complexity index is 561. The highest BCUT2D eigenvalue weighted by molar-refractivity contribution is 6.30. The minimum atomic E-state index is -1.30. The molecule has 3 N–H and O–H groups in total. The smallest absolute Gasteiger partial charge is 0.145 e. The Hall–Kier alpha value is -1.42. The van der Waals surface area contributed by atoms with Gasteiger partial charge in [0.05, 0.1) is 5.02 Å². The third kappa shape index (κ3) is 2.95. The zero-order chi connectivity index (χ0) is 13.9. The minimum Gasteiger partial charge on any atom is -0.383 e. The first-order chi connectivity index (χ1) is 9.07. The van der Waals surface area contributed by atoms with Crippen molar-refractivity contribution in [2.24, 2.45) is 5.73 Å². The molecule has 0 aliphatic rings. The average Bonchev–Trinajstić information content (AvgIpc) is 2.45. The van der Waals surface area contributed by atoms with Crippen LogP contribution in [0.1, 0.15) is 11.1 Å². The van der Waals surface area contributed by atoms with Crippen LogP contribution in [0.25, 0.3) is 0 Å². The van der Waals surface area contributed by atoms with E-state index >= 15 is 0 Å². The molecule has 2 rings (SSSR count). The molecule has 19 heavy (non-hydrogen) atoms. The minimum absolute atomic E-state index is 0.00294. The zero-order valence-electron chi connectivity index (χ0n) is 10.3. The molecule has 0 saturated heterocycles. The summed E-state index contributed by atoms with van der Waals surface area (Å²) in [5.41, 5.74) is 5.39. The Kier molecular flexibility index (Phi) is 4.20. The highest BCUT2D eigenvalue weighted by Gasteiger charge is 2.29. The molecule has 0 aromatic heterocycles. The van der Waals surface area contributed by atoms with Crippen LogP contribution in [0.2, 0.25) is 5.02 Å². The second kappa shape index (κ2) is 5.70. The second-order valence-corrected chi connectivity index (χ2v) is 4.90. The number of hydrogen-bond donors (Lipinski definition) is 2. The molecular formula is C15H15ClFNO. The SMILES string of the molecule is NCC(O)(Cc1cccc(Cl)c1F)c1ccccc1. The first kappa shape index (κ1) is 14.0. The normalized spacial score (nSPS) is 14.1. The van der Waals surface area contributed by atoms with Gasteiger partial charge in [-0.15, -0.1) is 0 Å². The van der Waals surface area contributed by atoms with Gasteiger partial charge in [-0.3, -0.25) is 0 Å². The van der Waals surface area contributed by atoms with Gasteiger partial charge >= 0.3 is 0 Å². The van der Waals surface area contributed by atoms with Crippen LogP contribution in [0, 0.1) is 5.82 Å². The van der Waals surface area contributed by atoms with Crippen molar-refractivity contribution in [1.82, 2.24) is 0 Å². The second-order valence-electron chi connectivity index (χ2n) is 4.49. The van der Waals surface area contributed by atoms with Crippen LogP contribution >= 0.6 is 11.6 Å². The summed E-state index contributed by atoms with van der Waals surface area (Å²) in [5, 5.41) is 10.7. The Morgan fingerprint density at radius 3 is 2.42 bits per heavy atom. The molecule has 1 atom stereocenters. The van der Waals surface area contributed by atoms with Gasteiger partial charge in [-0.2, -0.15) is 0 Å². The number of aliphatic hydroxyl groups is 1. The maximum absolute atomic E-state index is 13.9. The molecule has 4 heteroatoms. The van der Waals surface area contributed by atoms with Crippen LogP contribution in [0.15, 0.2) is 48.5 Å². The van der Waals surface area contributed by atoms with Crippen LogP contribution in [0.4, 0.5) is 4.39 Å². The monoisotopic (exact) mass is 279 g/mol. The molecule has 0 bridgehead atoms. The Labute approximate surface area is 116 Å². The lowest BCUT2D eigenvalue weighted by molar-refractivity contribution is 0.0454. The summed E-state index contributed by atoms with van der Waals surface area (Å²) in [6, 6.07) is 13.7. The lowest BCUT2D eigenvalue weighted by Crippen LogP contribution is -2.37. The van der Waals surface area contributed by atoms with Crippen molar-refractivity contribution in [3.05, 3.63) is 70.5 Å². The summed E-state index contributed by atoms with van der Waals surface area (Å²) in [7, 11) is 0. The molecule has 0 radical (unpaired) electrons. The highest BCUT2D eigenvalue weighted by atomic mass is 35.5. The van der Waals surface area contributed by atoms with Crippen LogP contribution in [-0.4, -0.2) is 11.7 Å². The summed E-state index contributed by atoms with van der Waals surface area (Å²) < 4.78 is 13.9. The van der Waals surface area contributed by atoms with Crippen LogP contribution in [0.3, 0.4) is 0 Å². The summed E-state index contributed by atoms with van der Waals surface area (Å²) in [4.78, 5) is 0. The Morgan fingerprint density at radius 1 is 1.11 bits per heavy atom. The predicted molar refractivity (Wildman–Crippen MR) is 74.5 cm³/mol. The van der Waals surface area contributed by atoms with E-state index in [1.54, 1.807) is 24.3 Å². The maximum Gasteiger partial charge on any atom is 0.145 e. The molecule has 0 spiro atoms. The van der Waals surface area contributed by atoms with E-state index in [2.05, 4.69) is 0 Å². The Morgan fingerprint density at radius 2 is 1.79 bits per heavy atom. The van der Waals surface area contributed by atoms with Crippen molar-refractivity contribution in [3.63, 3.8) is 0 Å². The van der Waals surface area contributed by atoms with Crippen molar-refractivity contribution in [1.29, 1.82) is 0 Å². The summed E-state index contributed by atoms with van der Waals surface area (Å²) >= 11 is 5.74. The molecule has 0 amide bonds. The lowest BCUT2D eigenvalue weighted by Gasteiger charge is -2.27. The van der Waals surface area contributed by atoms with Gasteiger partial charge in [0.1, 0.15) is 11.4 Å². The van der Waals surface area contributed by atoms with E-state index in [0.717, 1.165) is 0 Å². The maximum atomic E-state index is 13.9. The highest BCUT2D eigenvalue weighted by Crippen LogP contribution is 2.28. The van der Waals surface area contributed by atoms with Gasteiger partial charge in [-0.05, 0) is 17.2 Å². The quantitative estimate of drug-likeness (QED) is 0.904. The molecule has 2 aromatic carbocycles. The summed E-state index contributed by atoms with van der Waals surface area (Å²) in [6.45, 7) is 0.00294. The molecular weight excluding hydrogens is 265 g/mol. The fourth-order valence-corrected chi connectivity index (χ4v) is 2.23. The standard InChI is InChI=1S/C15H15ClFNO/c16-13-8-4-5-11(14(13)17)9-15(19,10-18)12-6-2-1-3-7-12/h1-8,19H,9-10,18H2. The third-order valence-corrected chi connectivity index (χ3v) is 3.46. The van der Waals surface area contributed by atoms with Gasteiger partial charge in [0.2, 0.25) is 0 Å². The van der Waals surface area contributed by atoms with Gasteiger partial charge in [0.15, 0.2) is 0 Å². The van der Waals surface area contributed by atoms with E-state index in [1.165, 1.54) is 6.07 Å². The van der Waals surface area contributed by atoms with Gasteiger partial charge in [0.25, 0.3) is 0 Å². The van der Waals surface area contributed by atoms with Crippen molar-refractivity contribution in [2.45, 2.75) is 12.0 Å². The number of nitrogens with two attached hydrogens (primary N) is 1. The molecule has 0 aliphatic carbocycles. The van der Waals surface area contributed by atoms with Gasteiger partial charge < -0.3 is 10.8 Å². The largest absolute Gasteiger partial charge is 0.383 e. The van der Waals surface area contributed by atoms with E-state index in [0.29, 0.717) is 11.1 Å². The van der Waals surface area contributed by atoms with Gasteiger partial charge in [-0.25, -0.2) is 4.39 Å². The fourth-order valence-electron chi connectivity index (χ4n) is 2.04. The molecule has 1 unspecified atom stereocenters. The van der Waals surface area contributed by atoms with Crippen molar-refractivity contribution >= 4 is 11.6 Å². The van der Waals surface area contributed by atoms with E-state index < -0.39 is 11.4 Å². The van der Waals surface area contributed by atoms with Gasteiger partial charge in [-0.1, -0.05) is 54.1 Å². The fraction of sp³-hybridized carbons (Fsp3) is 0.200. The van der Waals surface area contributed by atoms with Crippen molar-refractivity contribution in [3.8, 4) is 0 Å². The third-order valence-electron chi connectivity index (χ3n) is 3.16. The predicted octanol–water partition coefficient (Wildman–Crippen LogP) is 2.87. The van der Waals surface area contributed by atoms with E-state index in [4.69, 9.17) is 17.3 Å². The number of benzene rings is 2. The van der Waals surface area contributed by atoms with E-state index in [9.17, 15) is 9.50 Å². The van der Waals surface area contributed by atoms with Crippen LogP contribution in [0.5, 0.6) is 0 Å². The number of hydrogen-bond acceptors (Lipinski definition) is 2. The molecule has 0 heterocycles. The van der Waals surface area contributed by atoms with Crippen molar-refractivity contribution < 1.29 is 9.50 Å². The lowest BCUT2D eigenvalue weighted by atomic mass is 9.87. The Balaban J connectivity index is 2.36. The average molecular weight is 280 g/mol. The zero-order valence-corrected chi connectivity index (χ0v) is 11.1. The van der Waals surface area contributed by atoms with E-state index in [-0.39, 0.29) is 18.0 Å². The molecule has 0 saturated carbocycles. The molecule has 2 aromatic rings. The molecule has 100 valence electrons. The van der Waals surface area contributed by atoms with Gasteiger partial charge in [0, 0.05) is 13.0 Å². The van der Waals surface area contributed by atoms with Crippen LogP contribution < -0.4 is 5.73 Å². The molecule has 0 aliphatic heterocycles. The summed E-state index contributed by atoms with van der Waals surface area (Å²) in [6.07, 6.45) is 0.0832. The molecule has 0 fully saturated rings. The first-order valence-corrected chi connectivity index (χ1v) is 6.35. The topological polar surface area (TPSA) is 46.2 Å². The van der Waals surface area contributed by atoms with Crippen LogP contribution in [-0.2, 0) is 12.0 Å². The number of rotatable bonds is 4. The van der Waals surface area contributed by atoms with E-state index in [1.807, 2.05) is 18.2 Å². The first-order valence-electron chi connectivity index (χ1n) is 5.98. The number of halogens is 2. The summed E-state index contributed by atoms with van der Waals surface area (Å²) in [5.74, 6) is -0.507.